The minimum Gasteiger partial charge on any atom is -0.368 e. The van der Waals surface area contributed by atoms with Crippen molar-refractivity contribution < 1.29 is 18.8 Å². The molecule has 2 atom stereocenters. The number of benzene rings is 1. The summed E-state index contributed by atoms with van der Waals surface area (Å²) in [7, 11) is 0. The molecule has 1 aromatic carbocycles. The number of nitriles is 1. The molecule has 24 heavy (non-hydrogen) atoms. The number of hydrogen-bond acceptors (Lipinski definition) is 4. The minimum atomic E-state index is -1.07. The lowest BCUT2D eigenvalue weighted by atomic mass is 10.0. The fourth-order valence-corrected chi connectivity index (χ4v) is 2.11. The predicted octanol–water partition coefficient (Wildman–Crippen LogP) is 0.147. The Morgan fingerprint density at radius 3 is 2.46 bits per heavy atom. The number of nitrogens with one attached hydrogen (secondary N) is 2. The number of hydrogen-bond donors (Lipinski definition) is 3. The second-order valence-corrected chi connectivity index (χ2v) is 5.21. The van der Waals surface area contributed by atoms with E-state index in [1.807, 2.05) is 6.07 Å². The van der Waals surface area contributed by atoms with Crippen molar-refractivity contribution in [1.29, 1.82) is 5.26 Å². The fourth-order valence-electron chi connectivity index (χ4n) is 2.11. The average Bonchev–Trinajstić information content (AvgIpc) is 2.51. The van der Waals surface area contributed by atoms with Gasteiger partial charge >= 0.3 is 0 Å². The van der Waals surface area contributed by atoms with Crippen LogP contribution < -0.4 is 16.4 Å². The Morgan fingerprint density at radius 1 is 1.25 bits per heavy atom. The van der Waals surface area contributed by atoms with Crippen LogP contribution >= 0.6 is 0 Å². The number of nitrogens with two attached hydrogens (primary N) is 1. The number of rotatable bonds is 8. The van der Waals surface area contributed by atoms with E-state index in [0.717, 1.165) is 0 Å². The van der Waals surface area contributed by atoms with Crippen LogP contribution in [0.1, 0.15) is 25.3 Å². The van der Waals surface area contributed by atoms with Crippen molar-refractivity contribution in [2.24, 2.45) is 5.73 Å². The fraction of sp³-hybridized carbons (Fsp3) is 0.375. The van der Waals surface area contributed by atoms with Crippen LogP contribution in [0.15, 0.2) is 24.3 Å². The SMILES string of the molecule is CC(=O)N[C@H](Cc1ccccc1F)C(=O)N[C@@H](CCC#N)C(N)=O. The molecule has 8 heteroatoms. The molecule has 0 heterocycles. The lowest BCUT2D eigenvalue weighted by Crippen LogP contribution is -2.53. The third-order valence-electron chi connectivity index (χ3n) is 3.28. The van der Waals surface area contributed by atoms with E-state index in [1.54, 1.807) is 6.07 Å². The first kappa shape index (κ1) is 19.1. The number of amides is 3. The Labute approximate surface area is 139 Å². The van der Waals surface area contributed by atoms with Crippen LogP contribution in [0.5, 0.6) is 0 Å². The number of carbonyl (C=O) groups excluding carboxylic acids is 3. The van der Waals surface area contributed by atoms with Crippen molar-refractivity contribution in [3.63, 3.8) is 0 Å². The summed E-state index contributed by atoms with van der Waals surface area (Å²) in [5.41, 5.74) is 5.44. The monoisotopic (exact) mass is 334 g/mol. The van der Waals surface area contributed by atoms with E-state index in [4.69, 9.17) is 11.0 Å². The first-order valence-corrected chi connectivity index (χ1v) is 7.32. The van der Waals surface area contributed by atoms with Crippen LogP contribution in [0.25, 0.3) is 0 Å². The maximum absolute atomic E-state index is 13.8. The Hall–Kier alpha value is -2.95. The summed E-state index contributed by atoms with van der Waals surface area (Å²) >= 11 is 0. The summed E-state index contributed by atoms with van der Waals surface area (Å²) in [6.07, 6.45) is 0.0118. The topological polar surface area (TPSA) is 125 Å². The molecule has 1 rings (SSSR count). The lowest BCUT2D eigenvalue weighted by molar-refractivity contribution is -0.130. The van der Waals surface area contributed by atoms with Crippen molar-refractivity contribution in [3.8, 4) is 6.07 Å². The van der Waals surface area contributed by atoms with E-state index < -0.39 is 35.6 Å². The predicted molar refractivity (Wildman–Crippen MR) is 83.7 cm³/mol. The Bertz CT molecular complexity index is 657. The molecule has 0 aliphatic heterocycles. The van der Waals surface area contributed by atoms with Gasteiger partial charge in [-0.1, -0.05) is 18.2 Å². The minimum absolute atomic E-state index is 0.0337. The van der Waals surface area contributed by atoms with Crippen LogP contribution in [-0.2, 0) is 20.8 Å². The Morgan fingerprint density at radius 2 is 1.92 bits per heavy atom. The molecular weight excluding hydrogens is 315 g/mol. The van der Waals surface area contributed by atoms with Gasteiger partial charge in [-0.3, -0.25) is 14.4 Å². The molecule has 0 aliphatic rings. The smallest absolute Gasteiger partial charge is 0.243 e. The van der Waals surface area contributed by atoms with Gasteiger partial charge in [-0.15, -0.1) is 0 Å². The number of halogens is 1. The lowest BCUT2D eigenvalue weighted by Gasteiger charge is -2.21. The highest BCUT2D eigenvalue weighted by Crippen LogP contribution is 2.10. The van der Waals surface area contributed by atoms with Crippen molar-refractivity contribution >= 4 is 17.7 Å². The second-order valence-electron chi connectivity index (χ2n) is 5.21. The molecule has 128 valence electrons. The molecule has 3 amide bonds. The van der Waals surface area contributed by atoms with Gasteiger partial charge < -0.3 is 16.4 Å². The van der Waals surface area contributed by atoms with Crippen LogP contribution in [0, 0.1) is 17.1 Å². The van der Waals surface area contributed by atoms with Crippen molar-refractivity contribution in [2.75, 3.05) is 0 Å². The zero-order valence-corrected chi connectivity index (χ0v) is 13.2. The van der Waals surface area contributed by atoms with Crippen LogP contribution in [0.2, 0.25) is 0 Å². The summed E-state index contributed by atoms with van der Waals surface area (Å²) in [6, 6.07) is 5.63. The van der Waals surface area contributed by atoms with E-state index in [0.29, 0.717) is 0 Å². The summed E-state index contributed by atoms with van der Waals surface area (Å²) in [6.45, 7) is 1.23. The third kappa shape index (κ3) is 6.04. The molecule has 0 aliphatic carbocycles. The highest BCUT2D eigenvalue weighted by atomic mass is 19.1. The summed E-state index contributed by atoms with van der Waals surface area (Å²) < 4.78 is 13.8. The molecule has 0 spiro atoms. The van der Waals surface area contributed by atoms with E-state index in [9.17, 15) is 18.8 Å². The average molecular weight is 334 g/mol. The maximum atomic E-state index is 13.8. The van der Waals surface area contributed by atoms with Gasteiger partial charge in [0.25, 0.3) is 0 Å². The molecular formula is C16H19FN4O3. The maximum Gasteiger partial charge on any atom is 0.243 e. The molecule has 0 radical (unpaired) electrons. The number of nitrogens with zero attached hydrogens (tertiary/aromatic N) is 1. The second kappa shape index (κ2) is 9.25. The number of primary amides is 1. The Balaban J connectivity index is 2.88. The Kier molecular flexibility index (Phi) is 7.36. The van der Waals surface area contributed by atoms with Crippen LogP contribution in [0.4, 0.5) is 4.39 Å². The molecule has 1 aromatic rings. The van der Waals surface area contributed by atoms with E-state index >= 15 is 0 Å². The van der Waals surface area contributed by atoms with Gasteiger partial charge in [0, 0.05) is 19.8 Å². The zero-order chi connectivity index (χ0) is 18.1. The highest BCUT2D eigenvalue weighted by Gasteiger charge is 2.25. The molecule has 0 aromatic heterocycles. The van der Waals surface area contributed by atoms with E-state index in [2.05, 4.69) is 10.6 Å². The summed E-state index contributed by atoms with van der Waals surface area (Å²) in [5, 5.41) is 13.4. The van der Waals surface area contributed by atoms with Crippen LogP contribution in [0.3, 0.4) is 0 Å². The van der Waals surface area contributed by atoms with E-state index in [-0.39, 0.29) is 24.8 Å². The van der Waals surface area contributed by atoms with E-state index in [1.165, 1.54) is 25.1 Å². The van der Waals surface area contributed by atoms with Crippen molar-refractivity contribution in [2.45, 2.75) is 38.3 Å². The molecule has 4 N–H and O–H groups in total. The summed E-state index contributed by atoms with van der Waals surface area (Å²) in [5.74, 6) is -2.43. The zero-order valence-electron chi connectivity index (χ0n) is 13.2. The first-order chi connectivity index (χ1) is 11.3. The quantitative estimate of drug-likeness (QED) is 0.625. The molecule has 0 bridgehead atoms. The molecule has 7 nitrogen and oxygen atoms in total. The van der Waals surface area contributed by atoms with Gasteiger partial charge in [0.1, 0.15) is 17.9 Å². The summed E-state index contributed by atoms with van der Waals surface area (Å²) in [4.78, 5) is 35.0. The molecule has 0 saturated carbocycles. The van der Waals surface area contributed by atoms with Gasteiger partial charge in [-0.05, 0) is 18.1 Å². The first-order valence-electron chi connectivity index (χ1n) is 7.32. The normalized spacial score (nSPS) is 12.5. The standard InChI is InChI=1S/C16H19FN4O3/c1-10(22)20-14(9-11-5-2-3-6-12(11)17)16(24)21-13(15(19)23)7-4-8-18/h2-3,5-6,13-14H,4,7,9H2,1H3,(H2,19,23)(H,20,22)(H,21,24)/t13-,14+/m0/s1. The van der Waals surface area contributed by atoms with Gasteiger partial charge in [-0.2, -0.15) is 5.26 Å². The van der Waals surface area contributed by atoms with Gasteiger partial charge in [0.15, 0.2) is 0 Å². The molecule has 0 unspecified atom stereocenters. The highest BCUT2D eigenvalue weighted by molar-refractivity contribution is 5.91. The third-order valence-corrected chi connectivity index (χ3v) is 3.28. The van der Waals surface area contributed by atoms with Gasteiger partial charge in [0.05, 0.1) is 6.07 Å². The van der Waals surface area contributed by atoms with Gasteiger partial charge in [0.2, 0.25) is 17.7 Å². The molecule has 0 fully saturated rings. The largest absolute Gasteiger partial charge is 0.368 e. The van der Waals surface area contributed by atoms with Gasteiger partial charge in [-0.25, -0.2) is 4.39 Å². The molecule has 0 saturated heterocycles. The van der Waals surface area contributed by atoms with Crippen molar-refractivity contribution in [3.05, 3.63) is 35.6 Å². The number of carbonyl (C=O) groups is 3. The van der Waals surface area contributed by atoms with Crippen LogP contribution in [-0.4, -0.2) is 29.8 Å². The van der Waals surface area contributed by atoms with Crippen molar-refractivity contribution in [1.82, 2.24) is 10.6 Å².